The van der Waals surface area contributed by atoms with E-state index in [1.165, 1.54) is 82.6 Å². The molecule has 0 bridgehead atoms. The van der Waals surface area contributed by atoms with Crippen molar-refractivity contribution in [2.45, 2.75) is 38.6 Å². The normalized spacial score (nSPS) is 24.7. The van der Waals surface area contributed by atoms with E-state index in [1.807, 2.05) is 0 Å². The van der Waals surface area contributed by atoms with Gasteiger partial charge in [0.1, 0.15) is 0 Å². The highest BCUT2D eigenvalue weighted by Crippen LogP contribution is 2.40. The molecule has 1 aromatic rings. The molecule has 0 aromatic heterocycles. The number of anilines is 1. The average Bonchev–Trinajstić information content (AvgIpc) is 3.21. The van der Waals surface area contributed by atoms with E-state index in [9.17, 15) is 0 Å². The van der Waals surface area contributed by atoms with Crippen LogP contribution in [0.4, 0.5) is 5.69 Å². The van der Waals surface area contributed by atoms with E-state index >= 15 is 0 Å². The molecule has 4 heteroatoms. The molecule has 23 heavy (non-hydrogen) atoms. The maximum absolute atomic E-state index is 6.60. The maximum Gasteiger partial charge on any atom is 0.0471 e. The van der Waals surface area contributed by atoms with Crippen molar-refractivity contribution in [1.82, 2.24) is 10.2 Å². The van der Waals surface area contributed by atoms with Gasteiger partial charge < -0.3 is 10.2 Å². The fourth-order valence-corrected chi connectivity index (χ4v) is 4.94. The Labute approximate surface area is 145 Å². The first kappa shape index (κ1) is 15.7. The third-order valence-corrected chi connectivity index (χ3v) is 6.46. The van der Waals surface area contributed by atoms with Crippen LogP contribution >= 0.6 is 11.6 Å². The fourth-order valence-electron chi connectivity index (χ4n) is 4.71. The lowest BCUT2D eigenvalue weighted by molar-refractivity contribution is 0.194. The van der Waals surface area contributed by atoms with Crippen LogP contribution in [0.1, 0.15) is 37.7 Å². The van der Waals surface area contributed by atoms with Gasteiger partial charge in [-0.05, 0) is 69.3 Å². The van der Waals surface area contributed by atoms with Crippen molar-refractivity contribution in [3.05, 3.63) is 28.8 Å². The molecular weight excluding hydrogens is 306 g/mol. The van der Waals surface area contributed by atoms with Gasteiger partial charge in [0.2, 0.25) is 0 Å². The summed E-state index contributed by atoms with van der Waals surface area (Å²) in [6.45, 7) is 8.24. The van der Waals surface area contributed by atoms with E-state index in [0.29, 0.717) is 5.41 Å². The van der Waals surface area contributed by atoms with Crippen LogP contribution in [0.15, 0.2) is 18.2 Å². The molecule has 4 rings (SSSR count). The Morgan fingerprint density at radius 2 is 1.83 bits per heavy atom. The first-order chi connectivity index (χ1) is 11.3. The number of piperidine rings is 1. The molecule has 3 saturated heterocycles. The van der Waals surface area contributed by atoms with Gasteiger partial charge in [-0.3, -0.25) is 4.90 Å². The van der Waals surface area contributed by atoms with Crippen molar-refractivity contribution >= 4 is 17.3 Å². The zero-order valence-electron chi connectivity index (χ0n) is 14.0. The number of nitrogens with zero attached hydrogens (tertiary/aromatic N) is 2. The lowest BCUT2D eigenvalue weighted by atomic mass is 9.78. The summed E-state index contributed by atoms with van der Waals surface area (Å²) in [5, 5.41) is 4.45. The Morgan fingerprint density at radius 1 is 1.04 bits per heavy atom. The molecule has 3 aliphatic heterocycles. The Balaban J connectivity index is 1.50. The summed E-state index contributed by atoms with van der Waals surface area (Å²) in [4.78, 5) is 5.17. The highest BCUT2D eigenvalue weighted by molar-refractivity contribution is 6.31. The van der Waals surface area contributed by atoms with Gasteiger partial charge in [0, 0.05) is 42.5 Å². The predicted octanol–water partition coefficient (Wildman–Crippen LogP) is 3.52. The molecular formula is C19H28ClN3. The molecule has 0 saturated carbocycles. The van der Waals surface area contributed by atoms with Crippen LogP contribution in [0.25, 0.3) is 0 Å². The summed E-state index contributed by atoms with van der Waals surface area (Å²) >= 11 is 6.60. The number of benzene rings is 1. The molecule has 0 atom stereocenters. The zero-order chi connectivity index (χ0) is 15.7. The van der Waals surface area contributed by atoms with Crippen molar-refractivity contribution in [1.29, 1.82) is 0 Å². The fraction of sp³-hybridized carbons (Fsp3) is 0.684. The van der Waals surface area contributed by atoms with Gasteiger partial charge in [-0.15, -0.1) is 0 Å². The van der Waals surface area contributed by atoms with Gasteiger partial charge in [0.05, 0.1) is 0 Å². The molecule has 126 valence electrons. The Hall–Kier alpha value is -0.770. The first-order valence-electron chi connectivity index (χ1n) is 9.21. The van der Waals surface area contributed by atoms with Gasteiger partial charge in [0.25, 0.3) is 0 Å². The number of halogens is 1. The van der Waals surface area contributed by atoms with Crippen LogP contribution in [0.2, 0.25) is 5.02 Å². The quantitative estimate of drug-likeness (QED) is 0.913. The van der Waals surface area contributed by atoms with Crippen molar-refractivity contribution < 1.29 is 0 Å². The summed E-state index contributed by atoms with van der Waals surface area (Å²) in [5.41, 5.74) is 3.30. The standard InChI is InChI=1S/C19H28ClN3/c20-17-4-3-5-18(23-11-1-2-12-23)16(17)14-22-13-8-19(15-22)6-9-21-10-7-19/h3-5,21H,1-2,6-15H2. The third kappa shape index (κ3) is 3.24. The van der Waals surface area contributed by atoms with Crippen LogP contribution in [-0.2, 0) is 6.54 Å². The van der Waals surface area contributed by atoms with Crippen molar-refractivity contribution in [2.75, 3.05) is 44.2 Å². The second-order valence-corrected chi connectivity index (χ2v) is 8.05. The van der Waals surface area contributed by atoms with Crippen molar-refractivity contribution in [3.63, 3.8) is 0 Å². The largest absolute Gasteiger partial charge is 0.371 e. The molecule has 3 fully saturated rings. The summed E-state index contributed by atoms with van der Waals surface area (Å²) in [7, 11) is 0. The molecule has 0 aliphatic carbocycles. The highest BCUT2D eigenvalue weighted by Gasteiger charge is 2.39. The third-order valence-electron chi connectivity index (χ3n) is 6.10. The number of rotatable bonds is 3. The SMILES string of the molecule is Clc1cccc(N2CCCC2)c1CN1CCC2(CCNCC2)C1. The van der Waals surface area contributed by atoms with Crippen molar-refractivity contribution in [3.8, 4) is 0 Å². The molecule has 0 radical (unpaired) electrons. The van der Waals surface area contributed by atoms with E-state index in [1.54, 1.807) is 0 Å². The smallest absolute Gasteiger partial charge is 0.0471 e. The average molecular weight is 334 g/mol. The minimum atomic E-state index is 0.570. The number of nitrogens with one attached hydrogen (secondary N) is 1. The summed E-state index contributed by atoms with van der Waals surface area (Å²) in [6.07, 6.45) is 6.66. The minimum absolute atomic E-state index is 0.570. The van der Waals surface area contributed by atoms with Gasteiger partial charge >= 0.3 is 0 Å². The van der Waals surface area contributed by atoms with Crippen LogP contribution in [-0.4, -0.2) is 44.2 Å². The number of hydrogen-bond acceptors (Lipinski definition) is 3. The molecule has 3 aliphatic rings. The predicted molar refractivity (Wildman–Crippen MR) is 97.3 cm³/mol. The maximum atomic E-state index is 6.60. The van der Waals surface area contributed by atoms with E-state index < -0.39 is 0 Å². The van der Waals surface area contributed by atoms with Gasteiger partial charge in [0.15, 0.2) is 0 Å². The molecule has 1 aromatic carbocycles. The Morgan fingerprint density at radius 3 is 2.61 bits per heavy atom. The van der Waals surface area contributed by atoms with E-state index in [0.717, 1.165) is 11.6 Å². The second-order valence-electron chi connectivity index (χ2n) is 7.64. The van der Waals surface area contributed by atoms with Crippen LogP contribution in [0.5, 0.6) is 0 Å². The Bertz CT molecular complexity index is 548. The molecule has 3 heterocycles. The lowest BCUT2D eigenvalue weighted by Gasteiger charge is -2.34. The zero-order valence-corrected chi connectivity index (χ0v) is 14.7. The molecule has 1 spiro atoms. The van der Waals surface area contributed by atoms with Crippen LogP contribution in [0.3, 0.4) is 0 Å². The highest BCUT2D eigenvalue weighted by atomic mass is 35.5. The lowest BCUT2D eigenvalue weighted by Crippen LogP contribution is -2.38. The molecule has 0 amide bonds. The summed E-state index contributed by atoms with van der Waals surface area (Å²) < 4.78 is 0. The molecule has 1 N–H and O–H groups in total. The Kier molecular flexibility index (Phi) is 4.53. The molecule has 0 unspecified atom stereocenters. The summed E-state index contributed by atoms with van der Waals surface area (Å²) in [6, 6.07) is 6.44. The summed E-state index contributed by atoms with van der Waals surface area (Å²) in [5.74, 6) is 0. The number of hydrogen-bond donors (Lipinski definition) is 1. The van der Waals surface area contributed by atoms with E-state index in [4.69, 9.17) is 11.6 Å². The van der Waals surface area contributed by atoms with Gasteiger partial charge in [-0.25, -0.2) is 0 Å². The monoisotopic (exact) mass is 333 g/mol. The first-order valence-corrected chi connectivity index (χ1v) is 9.59. The van der Waals surface area contributed by atoms with Gasteiger partial charge in [-0.2, -0.15) is 0 Å². The van der Waals surface area contributed by atoms with E-state index in [-0.39, 0.29) is 0 Å². The van der Waals surface area contributed by atoms with Crippen LogP contribution in [0, 0.1) is 5.41 Å². The van der Waals surface area contributed by atoms with Crippen molar-refractivity contribution in [2.24, 2.45) is 5.41 Å². The van der Waals surface area contributed by atoms with Crippen LogP contribution < -0.4 is 10.2 Å². The van der Waals surface area contributed by atoms with E-state index in [2.05, 4.69) is 33.3 Å². The number of likely N-dealkylation sites (tertiary alicyclic amines) is 1. The topological polar surface area (TPSA) is 18.5 Å². The second kappa shape index (κ2) is 6.62. The van der Waals surface area contributed by atoms with Gasteiger partial charge in [-0.1, -0.05) is 17.7 Å². The molecule has 3 nitrogen and oxygen atoms in total. The minimum Gasteiger partial charge on any atom is -0.371 e.